The lowest BCUT2D eigenvalue weighted by atomic mass is 10.2. The molecule has 0 saturated heterocycles. The van der Waals surface area contributed by atoms with Gasteiger partial charge in [0.2, 0.25) is 0 Å². The van der Waals surface area contributed by atoms with E-state index in [1.807, 2.05) is 19.1 Å². The van der Waals surface area contributed by atoms with E-state index in [1.165, 1.54) is 0 Å². The first-order chi connectivity index (χ1) is 7.63. The van der Waals surface area contributed by atoms with Crippen molar-refractivity contribution in [2.75, 3.05) is 13.2 Å². The van der Waals surface area contributed by atoms with Crippen molar-refractivity contribution in [3.05, 3.63) is 33.8 Å². The minimum absolute atomic E-state index is 0.312. The molecule has 0 aliphatic heterocycles. The van der Waals surface area contributed by atoms with Crippen LogP contribution in [0.15, 0.2) is 18.2 Å². The van der Waals surface area contributed by atoms with Gasteiger partial charge in [-0.25, -0.2) is 0 Å². The van der Waals surface area contributed by atoms with Crippen LogP contribution in [0.5, 0.6) is 0 Å². The summed E-state index contributed by atoms with van der Waals surface area (Å²) in [5.41, 5.74) is 1.05. The summed E-state index contributed by atoms with van der Waals surface area (Å²) in [7, 11) is 0. The Bertz CT molecular complexity index is 331. The summed E-state index contributed by atoms with van der Waals surface area (Å²) in [5, 5.41) is 4.70. The number of ether oxygens (including phenoxy) is 1. The molecule has 0 radical (unpaired) electrons. The van der Waals surface area contributed by atoms with E-state index in [1.54, 1.807) is 6.07 Å². The van der Waals surface area contributed by atoms with Crippen LogP contribution in [0.25, 0.3) is 0 Å². The number of nitrogens with one attached hydrogen (secondary N) is 1. The lowest BCUT2D eigenvalue weighted by molar-refractivity contribution is 0.127. The molecule has 1 aromatic rings. The molecule has 0 aromatic heterocycles. The Morgan fingerprint density at radius 2 is 2.12 bits per heavy atom. The average Bonchev–Trinajstić information content (AvgIpc) is 2.25. The molecular formula is C12H17Cl2NO. The van der Waals surface area contributed by atoms with Gasteiger partial charge >= 0.3 is 0 Å². The molecule has 1 unspecified atom stereocenters. The largest absolute Gasteiger partial charge is 0.380 e. The van der Waals surface area contributed by atoms with Crippen molar-refractivity contribution >= 4 is 23.2 Å². The van der Waals surface area contributed by atoms with E-state index in [0.717, 1.165) is 18.7 Å². The molecule has 1 aromatic carbocycles. The second-order valence-electron chi connectivity index (χ2n) is 3.68. The fraction of sp³-hybridized carbons (Fsp3) is 0.500. The molecule has 0 fully saturated rings. The third-order valence-electron chi connectivity index (χ3n) is 2.23. The SMILES string of the molecule is CCOCC(C)NCc1ccc(Cl)cc1Cl. The molecule has 2 nitrogen and oxygen atoms in total. The summed E-state index contributed by atoms with van der Waals surface area (Å²) in [6.07, 6.45) is 0. The van der Waals surface area contributed by atoms with Gasteiger partial charge in [0.25, 0.3) is 0 Å². The standard InChI is InChI=1S/C12H17Cl2NO/c1-3-16-8-9(2)15-7-10-4-5-11(13)6-12(10)14/h4-6,9,15H,3,7-8H2,1-2H3. The summed E-state index contributed by atoms with van der Waals surface area (Å²) in [6.45, 7) is 6.25. The summed E-state index contributed by atoms with van der Waals surface area (Å²) >= 11 is 11.9. The maximum absolute atomic E-state index is 6.06. The van der Waals surface area contributed by atoms with Crippen LogP contribution in [0, 0.1) is 0 Å². The quantitative estimate of drug-likeness (QED) is 0.847. The molecular weight excluding hydrogens is 245 g/mol. The molecule has 4 heteroatoms. The third-order valence-corrected chi connectivity index (χ3v) is 2.82. The van der Waals surface area contributed by atoms with Crippen LogP contribution in [-0.4, -0.2) is 19.3 Å². The normalized spacial score (nSPS) is 12.8. The van der Waals surface area contributed by atoms with Crippen LogP contribution in [0.4, 0.5) is 0 Å². The molecule has 0 aliphatic rings. The van der Waals surface area contributed by atoms with E-state index in [0.29, 0.717) is 22.7 Å². The van der Waals surface area contributed by atoms with Crippen molar-refractivity contribution in [3.8, 4) is 0 Å². The molecule has 90 valence electrons. The van der Waals surface area contributed by atoms with Gasteiger partial charge in [0.05, 0.1) is 6.61 Å². The zero-order valence-corrected chi connectivity index (χ0v) is 11.1. The first kappa shape index (κ1) is 13.8. The van der Waals surface area contributed by atoms with Crippen molar-refractivity contribution in [2.45, 2.75) is 26.4 Å². The number of benzene rings is 1. The fourth-order valence-electron chi connectivity index (χ4n) is 1.30. The maximum atomic E-state index is 6.06. The van der Waals surface area contributed by atoms with Gasteiger partial charge in [0.1, 0.15) is 0 Å². The fourth-order valence-corrected chi connectivity index (χ4v) is 1.78. The van der Waals surface area contributed by atoms with Crippen LogP contribution in [0.2, 0.25) is 10.0 Å². The van der Waals surface area contributed by atoms with Gasteiger partial charge in [-0.15, -0.1) is 0 Å². The van der Waals surface area contributed by atoms with Crippen LogP contribution >= 0.6 is 23.2 Å². The summed E-state index contributed by atoms with van der Waals surface area (Å²) < 4.78 is 5.32. The molecule has 0 saturated carbocycles. The monoisotopic (exact) mass is 261 g/mol. The highest BCUT2D eigenvalue weighted by atomic mass is 35.5. The first-order valence-corrected chi connectivity index (χ1v) is 6.14. The molecule has 0 spiro atoms. The Hall–Kier alpha value is -0.280. The summed E-state index contributed by atoms with van der Waals surface area (Å²) in [4.78, 5) is 0. The minimum Gasteiger partial charge on any atom is -0.380 e. The summed E-state index contributed by atoms with van der Waals surface area (Å²) in [6, 6.07) is 5.85. The van der Waals surface area contributed by atoms with Gasteiger partial charge in [-0.1, -0.05) is 29.3 Å². The van der Waals surface area contributed by atoms with Crippen molar-refractivity contribution < 1.29 is 4.74 Å². The topological polar surface area (TPSA) is 21.3 Å². The number of hydrogen-bond donors (Lipinski definition) is 1. The van der Waals surface area contributed by atoms with Crippen molar-refractivity contribution in [2.24, 2.45) is 0 Å². The number of rotatable bonds is 6. The first-order valence-electron chi connectivity index (χ1n) is 5.38. The predicted molar refractivity (Wildman–Crippen MR) is 69.3 cm³/mol. The molecule has 0 bridgehead atoms. The molecule has 0 heterocycles. The molecule has 0 amide bonds. The molecule has 16 heavy (non-hydrogen) atoms. The minimum atomic E-state index is 0.312. The average molecular weight is 262 g/mol. The van der Waals surface area contributed by atoms with Crippen LogP contribution in [-0.2, 0) is 11.3 Å². The Labute approximate surface area is 107 Å². The Morgan fingerprint density at radius 1 is 1.38 bits per heavy atom. The second-order valence-corrected chi connectivity index (χ2v) is 4.52. The molecule has 1 rings (SSSR count). The van der Waals surface area contributed by atoms with Gasteiger partial charge in [-0.2, -0.15) is 0 Å². The van der Waals surface area contributed by atoms with E-state index in [4.69, 9.17) is 27.9 Å². The number of hydrogen-bond acceptors (Lipinski definition) is 2. The highest BCUT2D eigenvalue weighted by molar-refractivity contribution is 6.35. The van der Waals surface area contributed by atoms with Gasteiger partial charge in [0, 0.05) is 29.2 Å². The zero-order chi connectivity index (χ0) is 12.0. The lowest BCUT2D eigenvalue weighted by Crippen LogP contribution is -2.30. The zero-order valence-electron chi connectivity index (χ0n) is 9.59. The van der Waals surface area contributed by atoms with Crippen LogP contribution < -0.4 is 5.32 Å². The van der Waals surface area contributed by atoms with Crippen LogP contribution in [0.3, 0.4) is 0 Å². The molecule has 0 aliphatic carbocycles. The van der Waals surface area contributed by atoms with Gasteiger partial charge < -0.3 is 10.1 Å². The summed E-state index contributed by atoms with van der Waals surface area (Å²) in [5.74, 6) is 0. The van der Waals surface area contributed by atoms with Gasteiger partial charge in [-0.3, -0.25) is 0 Å². The van der Waals surface area contributed by atoms with E-state index >= 15 is 0 Å². The van der Waals surface area contributed by atoms with Crippen LogP contribution in [0.1, 0.15) is 19.4 Å². The highest BCUT2D eigenvalue weighted by Gasteiger charge is 2.04. The predicted octanol–water partition coefficient (Wildman–Crippen LogP) is 3.51. The Kier molecular flexibility index (Phi) is 6.14. The van der Waals surface area contributed by atoms with E-state index in [-0.39, 0.29) is 0 Å². The Balaban J connectivity index is 2.42. The van der Waals surface area contributed by atoms with Gasteiger partial charge in [-0.05, 0) is 31.5 Å². The van der Waals surface area contributed by atoms with Crippen molar-refractivity contribution in [1.29, 1.82) is 0 Å². The highest BCUT2D eigenvalue weighted by Crippen LogP contribution is 2.20. The lowest BCUT2D eigenvalue weighted by Gasteiger charge is -2.14. The van der Waals surface area contributed by atoms with E-state index in [2.05, 4.69) is 12.2 Å². The smallest absolute Gasteiger partial charge is 0.0616 e. The van der Waals surface area contributed by atoms with Crippen molar-refractivity contribution in [1.82, 2.24) is 5.32 Å². The van der Waals surface area contributed by atoms with E-state index in [9.17, 15) is 0 Å². The van der Waals surface area contributed by atoms with E-state index < -0.39 is 0 Å². The maximum Gasteiger partial charge on any atom is 0.0616 e. The number of halogens is 2. The molecule has 1 atom stereocenters. The van der Waals surface area contributed by atoms with Crippen molar-refractivity contribution in [3.63, 3.8) is 0 Å². The second kappa shape index (κ2) is 7.13. The Morgan fingerprint density at radius 3 is 2.75 bits per heavy atom. The van der Waals surface area contributed by atoms with Gasteiger partial charge in [0.15, 0.2) is 0 Å². The third kappa shape index (κ3) is 4.71. The molecule has 1 N–H and O–H groups in total.